The van der Waals surface area contributed by atoms with Gasteiger partial charge in [-0.2, -0.15) is 5.26 Å². The molecule has 1 N–H and O–H groups in total. The average molecular weight is 259 g/mol. The normalized spacial score (nSPS) is 11.5. The lowest BCUT2D eigenvalue weighted by Gasteiger charge is -2.24. The molecule has 4 heteroatoms. The highest BCUT2D eigenvalue weighted by Gasteiger charge is 2.17. The van der Waals surface area contributed by atoms with Crippen molar-refractivity contribution in [1.29, 1.82) is 5.26 Å². The van der Waals surface area contributed by atoms with Crippen molar-refractivity contribution < 1.29 is 4.79 Å². The Balaban J connectivity index is 2.77. The van der Waals surface area contributed by atoms with E-state index >= 15 is 0 Å². The summed E-state index contributed by atoms with van der Waals surface area (Å²) in [4.78, 5) is 13.9. The maximum atomic E-state index is 12.1. The molecular formula is C15H21N3O. The number of carbonyl (C=O) groups is 1. The number of carbonyl (C=O) groups excluding carboxylic acids is 1. The summed E-state index contributed by atoms with van der Waals surface area (Å²) in [5, 5.41) is 12.1. The van der Waals surface area contributed by atoms with E-state index in [1.165, 1.54) is 0 Å². The molecule has 1 amide bonds. The predicted octanol–water partition coefficient (Wildman–Crippen LogP) is 2.54. The van der Waals surface area contributed by atoms with E-state index in [0.717, 1.165) is 11.3 Å². The first-order chi connectivity index (χ1) is 9.03. The third-order valence-electron chi connectivity index (χ3n) is 3.18. The van der Waals surface area contributed by atoms with E-state index < -0.39 is 0 Å². The average Bonchev–Trinajstić information content (AvgIpc) is 2.40. The lowest BCUT2D eigenvalue weighted by molar-refractivity contribution is -0.131. The van der Waals surface area contributed by atoms with Crippen LogP contribution in [-0.2, 0) is 4.79 Å². The van der Waals surface area contributed by atoms with Crippen molar-refractivity contribution in [3.05, 3.63) is 29.3 Å². The number of nitriles is 1. The number of hydrogen-bond acceptors (Lipinski definition) is 3. The third-order valence-corrected chi connectivity index (χ3v) is 3.18. The second-order valence-corrected chi connectivity index (χ2v) is 4.52. The van der Waals surface area contributed by atoms with Crippen LogP contribution in [0.25, 0.3) is 0 Å². The van der Waals surface area contributed by atoms with Gasteiger partial charge in [0, 0.05) is 18.8 Å². The summed E-state index contributed by atoms with van der Waals surface area (Å²) in [7, 11) is 0. The smallest absolute Gasteiger partial charge is 0.244 e. The first-order valence-electron chi connectivity index (χ1n) is 6.59. The molecule has 19 heavy (non-hydrogen) atoms. The Kier molecular flexibility index (Phi) is 5.37. The molecule has 1 rings (SSSR count). The molecular weight excluding hydrogens is 238 g/mol. The quantitative estimate of drug-likeness (QED) is 0.884. The molecule has 4 nitrogen and oxygen atoms in total. The zero-order chi connectivity index (χ0) is 14.4. The van der Waals surface area contributed by atoms with Crippen LogP contribution < -0.4 is 5.32 Å². The number of likely N-dealkylation sites (N-methyl/N-ethyl adjacent to an activating group) is 1. The summed E-state index contributed by atoms with van der Waals surface area (Å²) in [6, 6.07) is 7.36. The van der Waals surface area contributed by atoms with Crippen LogP contribution in [-0.4, -0.2) is 29.9 Å². The molecule has 0 bridgehead atoms. The number of rotatable bonds is 5. The van der Waals surface area contributed by atoms with Gasteiger partial charge < -0.3 is 10.2 Å². The number of amides is 1. The highest BCUT2D eigenvalue weighted by molar-refractivity contribution is 5.84. The van der Waals surface area contributed by atoms with Gasteiger partial charge in [0.1, 0.15) is 6.04 Å². The van der Waals surface area contributed by atoms with Gasteiger partial charge in [-0.1, -0.05) is 0 Å². The van der Waals surface area contributed by atoms with Crippen LogP contribution in [0, 0.1) is 18.3 Å². The predicted molar refractivity (Wildman–Crippen MR) is 76.9 cm³/mol. The molecule has 1 aromatic rings. The summed E-state index contributed by atoms with van der Waals surface area (Å²) >= 11 is 0. The summed E-state index contributed by atoms with van der Waals surface area (Å²) in [6.07, 6.45) is 0. The maximum absolute atomic E-state index is 12.1. The van der Waals surface area contributed by atoms with Crippen LogP contribution >= 0.6 is 0 Å². The van der Waals surface area contributed by atoms with Gasteiger partial charge in [-0.05, 0) is 51.5 Å². The number of nitrogens with zero attached hydrogens (tertiary/aromatic N) is 2. The van der Waals surface area contributed by atoms with Crippen molar-refractivity contribution in [1.82, 2.24) is 4.90 Å². The summed E-state index contributed by atoms with van der Waals surface area (Å²) in [5.41, 5.74) is 2.44. The number of benzene rings is 1. The molecule has 0 fully saturated rings. The lowest BCUT2D eigenvalue weighted by Crippen LogP contribution is -2.41. The van der Waals surface area contributed by atoms with E-state index in [0.29, 0.717) is 18.7 Å². The van der Waals surface area contributed by atoms with Gasteiger partial charge in [0.2, 0.25) is 5.91 Å². The second kappa shape index (κ2) is 6.79. The fourth-order valence-electron chi connectivity index (χ4n) is 2.00. The Morgan fingerprint density at radius 2 is 2.05 bits per heavy atom. The van der Waals surface area contributed by atoms with Crippen LogP contribution in [0.15, 0.2) is 18.2 Å². The van der Waals surface area contributed by atoms with Crippen LogP contribution in [0.5, 0.6) is 0 Å². The molecule has 1 unspecified atom stereocenters. The summed E-state index contributed by atoms with van der Waals surface area (Å²) in [5.74, 6) is 0.0898. The van der Waals surface area contributed by atoms with Gasteiger partial charge >= 0.3 is 0 Å². The molecule has 0 aliphatic carbocycles. The van der Waals surface area contributed by atoms with E-state index in [-0.39, 0.29) is 11.9 Å². The first-order valence-corrected chi connectivity index (χ1v) is 6.59. The molecule has 0 saturated heterocycles. The molecule has 0 aliphatic rings. The summed E-state index contributed by atoms with van der Waals surface area (Å²) in [6.45, 7) is 9.12. The van der Waals surface area contributed by atoms with Gasteiger partial charge in [0.25, 0.3) is 0 Å². The highest BCUT2D eigenvalue weighted by atomic mass is 16.2. The molecule has 0 heterocycles. The summed E-state index contributed by atoms with van der Waals surface area (Å²) < 4.78 is 0. The molecule has 0 spiro atoms. The van der Waals surface area contributed by atoms with Crippen molar-refractivity contribution >= 4 is 11.6 Å². The van der Waals surface area contributed by atoms with Crippen molar-refractivity contribution in [2.24, 2.45) is 0 Å². The number of nitrogens with one attached hydrogen (secondary N) is 1. The van der Waals surface area contributed by atoms with Gasteiger partial charge in [0.15, 0.2) is 0 Å². The molecule has 1 aromatic carbocycles. The molecule has 0 saturated carbocycles. The first kappa shape index (κ1) is 15.0. The Bertz CT molecular complexity index is 487. The van der Waals surface area contributed by atoms with Crippen molar-refractivity contribution in [2.75, 3.05) is 18.4 Å². The Hall–Kier alpha value is -2.02. The van der Waals surface area contributed by atoms with Crippen molar-refractivity contribution in [3.63, 3.8) is 0 Å². The second-order valence-electron chi connectivity index (χ2n) is 4.52. The minimum Gasteiger partial charge on any atom is -0.374 e. The van der Waals surface area contributed by atoms with E-state index in [4.69, 9.17) is 5.26 Å². The number of anilines is 1. The minimum atomic E-state index is -0.271. The molecule has 0 radical (unpaired) electrons. The standard InChI is InChI=1S/C15H21N3O/c1-5-18(6-2)15(19)12(4)17-14-8-7-13(10-16)11(3)9-14/h7-9,12,17H,5-6H2,1-4H3. The Morgan fingerprint density at radius 1 is 1.42 bits per heavy atom. The van der Waals surface area contributed by atoms with Gasteiger partial charge in [0.05, 0.1) is 11.6 Å². The van der Waals surface area contributed by atoms with E-state index in [1.54, 1.807) is 11.0 Å². The molecule has 102 valence electrons. The third kappa shape index (κ3) is 3.72. The van der Waals surface area contributed by atoms with Crippen molar-refractivity contribution in [3.8, 4) is 6.07 Å². The van der Waals surface area contributed by atoms with E-state index in [1.807, 2.05) is 39.8 Å². The lowest BCUT2D eigenvalue weighted by atomic mass is 10.1. The fourth-order valence-corrected chi connectivity index (χ4v) is 2.00. The minimum absolute atomic E-state index is 0.0898. The zero-order valence-corrected chi connectivity index (χ0v) is 12.0. The van der Waals surface area contributed by atoms with Gasteiger partial charge in [-0.25, -0.2) is 0 Å². The highest BCUT2D eigenvalue weighted by Crippen LogP contribution is 2.15. The Labute approximate surface area is 115 Å². The molecule has 0 aliphatic heterocycles. The van der Waals surface area contributed by atoms with E-state index in [9.17, 15) is 4.79 Å². The Morgan fingerprint density at radius 3 is 2.53 bits per heavy atom. The maximum Gasteiger partial charge on any atom is 0.244 e. The van der Waals surface area contributed by atoms with Gasteiger partial charge in [-0.3, -0.25) is 4.79 Å². The van der Waals surface area contributed by atoms with Crippen molar-refractivity contribution in [2.45, 2.75) is 33.7 Å². The monoisotopic (exact) mass is 259 g/mol. The zero-order valence-electron chi connectivity index (χ0n) is 12.0. The molecule has 0 aromatic heterocycles. The van der Waals surface area contributed by atoms with Crippen LogP contribution in [0.4, 0.5) is 5.69 Å². The fraction of sp³-hybridized carbons (Fsp3) is 0.467. The number of hydrogen-bond donors (Lipinski definition) is 1. The largest absolute Gasteiger partial charge is 0.374 e. The van der Waals surface area contributed by atoms with Crippen LogP contribution in [0.3, 0.4) is 0 Å². The topological polar surface area (TPSA) is 56.1 Å². The van der Waals surface area contributed by atoms with Gasteiger partial charge in [-0.15, -0.1) is 0 Å². The van der Waals surface area contributed by atoms with E-state index in [2.05, 4.69) is 11.4 Å². The van der Waals surface area contributed by atoms with Crippen LogP contribution in [0.2, 0.25) is 0 Å². The number of aryl methyl sites for hydroxylation is 1. The molecule has 1 atom stereocenters. The van der Waals surface area contributed by atoms with Crippen LogP contribution in [0.1, 0.15) is 31.9 Å². The SMILES string of the molecule is CCN(CC)C(=O)C(C)Nc1ccc(C#N)c(C)c1.